The second-order valence-electron chi connectivity index (χ2n) is 3.61. The first-order valence-corrected chi connectivity index (χ1v) is 5.98. The molecule has 0 aliphatic heterocycles. The molecular weight excluding hydrogens is 301 g/mol. The first-order chi connectivity index (χ1) is 8.63. The molecule has 0 saturated heterocycles. The molecule has 4 nitrogen and oxygen atoms in total. The lowest BCUT2D eigenvalue weighted by Crippen LogP contribution is -2.15. The highest BCUT2D eigenvalue weighted by Crippen LogP contribution is 2.26. The molecule has 0 radical (unpaired) electrons. The molecule has 18 heavy (non-hydrogen) atoms. The van der Waals surface area contributed by atoms with E-state index in [0.29, 0.717) is 21.6 Å². The molecule has 1 heterocycles. The molecule has 2 aromatic rings. The summed E-state index contributed by atoms with van der Waals surface area (Å²) >= 11 is 3.13. The van der Waals surface area contributed by atoms with Crippen molar-refractivity contribution in [2.75, 3.05) is 7.11 Å². The Labute approximate surface area is 112 Å². The third-order valence-electron chi connectivity index (χ3n) is 2.51. The Hall–Kier alpha value is -1.53. The van der Waals surface area contributed by atoms with Crippen LogP contribution in [0, 0.1) is 5.82 Å². The molecule has 1 aromatic carbocycles. The molecule has 6 heteroatoms. The predicted octanol–water partition coefficient (Wildman–Crippen LogP) is 2.43. The van der Waals surface area contributed by atoms with E-state index in [1.165, 1.54) is 13.4 Å². The van der Waals surface area contributed by atoms with E-state index in [2.05, 4.69) is 25.9 Å². The van der Waals surface area contributed by atoms with Crippen LogP contribution in [0.25, 0.3) is 0 Å². The van der Waals surface area contributed by atoms with Gasteiger partial charge in [0.05, 0.1) is 23.3 Å². The molecule has 0 aliphatic rings. The third kappa shape index (κ3) is 2.49. The zero-order valence-corrected chi connectivity index (χ0v) is 11.2. The van der Waals surface area contributed by atoms with Crippen molar-refractivity contribution in [2.45, 2.75) is 6.04 Å². The summed E-state index contributed by atoms with van der Waals surface area (Å²) in [5.74, 6) is 0.00781. The van der Waals surface area contributed by atoms with Crippen LogP contribution >= 0.6 is 15.9 Å². The molecule has 0 fully saturated rings. The highest BCUT2D eigenvalue weighted by atomic mass is 79.9. The lowest BCUT2D eigenvalue weighted by Gasteiger charge is -2.13. The highest BCUT2D eigenvalue weighted by Gasteiger charge is 2.17. The molecule has 2 N–H and O–H groups in total. The average Bonchev–Trinajstić information content (AvgIpc) is 2.41. The fourth-order valence-corrected chi connectivity index (χ4v) is 1.94. The monoisotopic (exact) mass is 311 g/mol. The minimum atomic E-state index is -0.667. The van der Waals surface area contributed by atoms with Crippen molar-refractivity contribution < 1.29 is 9.13 Å². The molecular formula is C12H11BrFN3O. The van der Waals surface area contributed by atoms with Gasteiger partial charge in [0.2, 0.25) is 5.88 Å². The number of nitrogens with zero attached hydrogens (tertiary/aromatic N) is 2. The summed E-state index contributed by atoms with van der Waals surface area (Å²) in [5.41, 5.74) is 6.87. The number of methoxy groups -OCH3 is 1. The van der Waals surface area contributed by atoms with Gasteiger partial charge in [-0.3, -0.25) is 0 Å². The quantitative estimate of drug-likeness (QED) is 0.945. The first-order valence-electron chi connectivity index (χ1n) is 5.19. The highest BCUT2D eigenvalue weighted by molar-refractivity contribution is 9.10. The lowest BCUT2D eigenvalue weighted by molar-refractivity contribution is 0.395. The molecule has 0 saturated carbocycles. The number of hydrogen-bond acceptors (Lipinski definition) is 4. The molecule has 1 aromatic heterocycles. The van der Waals surface area contributed by atoms with Crippen LogP contribution in [0.4, 0.5) is 4.39 Å². The Morgan fingerprint density at radius 3 is 2.89 bits per heavy atom. The van der Waals surface area contributed by atoms with Gasteiger partial charge in [-0.1, -0.05) is 12.1 Å². The average molecular weight is 312 g/mol. The van der Waals surface area contributed by atoms with Gasteiger partial charge in [0.1, 0.15) is 12.1 Å². The van der Waals surface area contributed by atoms with Crippen LogP contribution in [-0.2, 0) is 0 Å². The number of rotatable bonds is 3. The van der Waals surface area contributed by atoms with Gasteiger partial charge in [-0.05, 0) is 22.0 Å². The predicted molar refractivity (Wildman–Crippen MR) is 68.7 cm³/mol. The Bertz CT molecular complexity index is 565. The first kappa shape index (κ1) is 12.9. The van der Waals surface area contributed by atoms with Crippen molar-refractivity contribution in [3.05, 3.63) is 52.1 Å². The zero-order valence-electron chi connectivity index (χ0n) is 9.60. The van der Waals surface area contributed by atoms with Crippen molar-refractivity contribution in [3.63, 3.8) is 0 Å². The van der Waals surface area contributed by atoms with E-state index in [-0.39, 0.29) is 5.82 Å². The van der Waals surface area contributed by atoms with Crippen molar-refractivity contribution in [1.29, 1.82) is 0 Å². The van der Waals surface area contributed by atoms with Gasteiger partial charge in [-0.15, -0.1) is 0 Å². The van der Waals surface area contributed by atoms with E-state index in [0.717, 1.165) is 0 Å². The molecule has 0 aliphatic carbocycles. The van der Waals surface area contributed by atoms with Crippen LogP contribution in [0.1, 0.15) is 17.3 Å². The summed E-state index contributed by atoms with van der Waals surface area (Å²) in [6.45, 7) is 0. The minimum Gasteiger partial charge on any atom is -0.481 e. The van der Waals surface area contributed by atoms with Gasteiger partial charge < -0.3 is 10.5 Å². The summed E-state index contributed by atoms with van der Waals surface area (Å²) in [4.78, 5) is 7.92. The van der Waals surface area contributed by atoms with Crippen LogP contribution in [0.15, 0.2) is 35.1 Å². The van der Waals surface area contributed by atoms with Crippen molar-refractivity contribution in [1.82, 2.24) is 9.97 Å². The van der Waals surface area contributed by atoms with E-state index in [4.69, 9.17) is 10.5 Å². The van der Waals surface area contributed by atoms with Crippen LogP contribution in [-0.4, -0.2) is 17.1 Å². The minimum absolute atomic E-state index is 0.366. The maximum absolute atomic E-state index is 13.9. The second kappa shape index (κ2) is 5.41. The van der Waals surface area contributed by atoms with Crippen LogP contribution < -0.4 is 10.5 Å². The Morgan fingerprint density at radius 1 is 1.39 bits per heavy atom. The van der Waals surface area contributed by atoms with Gasteiger partial charge in [0.25, 0.3) is 0 Å². The smallest absolute Gasteiger partial charge is 0.216 e. The van der Waals surface area contributed by atoms with E-state index in [9.17, 15) is 4.39 Å². The van der Waals surface area contributed by atoms with Gasteiger partial charge in [-0.25, -0.2) is 14.4 Å². The van der Waals surface area contributed by atoms with E-state index in [1.54, 1.807) is 24.3 Å². The van der Waals surface area contributed by atoms with Crippen molar-refractivity contribution in [2.24, 2.45) is 5.73 Å². The topological polar surface area (TPSA) is 61.0 Å². The van der Waals surface area contributed by atoms with Gasteiger partial charge in [0, 0.05) is 11.6 Å². The molecule has 0 spiro atoms. The standard InChI is InChI=1S/C12H11BrFN3O/c1-18-10-5-9(16-6-17-10)12(15)7-3-2-4-8(13)11(7)14/h2-6,12H,15H2,1H3. The van der Waals surface area contributed by atoms with Crippen molar-refractivity contribution >= 4 is 15.9 Å². The van der Waals surface area contributed by atoms with Gasteiger partial charge in [-0.2, -0.15) is 0 Å². The number of hydrogen-bond donors (Lipinski definition) is 1. The molecule has 1 unspecified atom stereocenters. The molecule has 1 atom stereocenters. The number of aromatic nitrogens is 2. The fourth-order valence-electron chi connectivity index (χ4n) is 1.56. The van der Waals surface area contributed by atoms with E-state index >= 15 is 0 Å². The number of benzene rings is 1. The molecule has 0 bridgehead atoms. The third-order valence-corrected chi connectivity index (χ3v) is 3.12. The van der Waals surface area contributed by atoms with E-state index < -0.39 is 6.04 Å². The second-order valence-corrected chi connectivity index (χ2v) is 4.46. The van der Waals surface area contributed by atoms with Crippen LogP contribution in [0.5, 0.6) is 5.88 Å². The van der Waals surface area contributed by atoms with Gasteiger partial charge in [0.15, 0.2) is 0 Å². The normalized spacial score (nSPS) is 12.2. The Balaban J connectivity index is 2.41. The van der Waals surface area contributed by atoms with Crippen LogP contribution in [0.2, 0.25) is 0 Å². The number of halogens is 2. The number of nitrogens with two attached hydrogens (primary N) is 1. The molecule has 94 valence electrons. The Morgan fingerprint density at radius 2 is 2.17 bits per heavy atom. The number of ether oxygens (including phenoxy) is 1. The Kier molecular flexibility index (Phi) is 3.88. The summed E-state index contributed by atoms with van der Waals surface area (Å²) < 4.78 is 19.3. The molecule has 2 rings (SSSR count). The fraction of sp³-hybridized carbons (Fsp3) is 0.167. The largest absolute Gasteiger partial charge is 0.481 e. The van der Waals surface area contributed by atoms with Crippen molar-refractivity contribution in [3.8, 4) is 5.88 Å². The maximum atomic E-state index is 13.9. The summed E-state index contributed by atoms with van der Waals surface area (Å²) in [6, 6.07) is 5.89. The summed E-state index contributed by atoms with van der Waals surface area (Å²) in [5, 5.41) is 0. The van der Waals surface area contributed by atoms with Crippen LogP contribution in [0.3, 0.4) is 0 Å². The SMILES string of the molecule is COc1cc(C(N)c2cccc(Br)c2F)ncn1. The maximum Gasteiger partial charge on any atom is 0.216 e. The molecule has 0 amide bonds. The zero-order chi connectivity index (χ0) is 13.1. The summed E-state index contributed by atoms with van der Waals surface area (Å²) in [6.07, 6.45) is 1.34. The van der Waals surface area contributed by atoms with E-state index in [1.807, 2.05) is 0 Å². The lowest BCUT2D eigenvalue weighted by atomic mass is 10.0. The van der Waals surface area contributed by atoms with Gasteiger partial charge >= 0.3 is 0 Å². The summed E-state index contributed by atoms with van der Waals surface area (Å²) in [7, 11) is 1.50.